The number of hydrogen-bond acceptors (Lipinski definition) is 4. The first-order valence-electron chi connectivity index (χ1n) is 4.61. The second kappa shape index (κ2) is 4.71. The van der Waals surface area contributed by atoms with Gasteiger partial charge in [0.15, 0.2) is 0 Å². The number of aromatic amines is 1. The highest BCUT2D eigenvalue weighted by Gasteiger charge is 2.06. The molecule has 1 amide bonds. The summed E-state index contributed by atoms with van der Waals surface area (Å²) in [6.07, 6.45) is 0. The number of rotatable bonds is 3. The second-order valence-corrected chi connectivity index (χ2v) is 3.90. The molecule has 0 aliphatic carbocycles. The number of carbonyl (C=O) groups is 1. The van der Waals surface area contributed by atoms with Gasteiger partial charge in [0.05, 0.1) is 0 Å². The molecule has 6 heteroatoms. The molecule has 2 N–H and O–H groups in total. The van der Waals surface area contributed by atoms with Crippen LogP contribution >= 0.6 is 11.3 Å². The van der Waals surface area contributed by atoms with Crippen molar-refractivity contribution < 1.29 is 4.79 Å². The van der Waals surface area contributed by atoms with Crippen molar-refractivity contribution in [3.8, 4) is 0 Å². The van der Waals surface area contributed by atoms with Crippen molar-refractivity contribution in [2.45, 2.75) is 6.54 Å². The van der Waals surface area contributed by atoms with E-state index in [2.05, 4.69) is 15.5 Å². The minimum atomic E-state index is -0.325. The maximum atomic E-state index is 11.6. The quantitative estimate of drug-likeness (QED) is 0.824. The summed E-state index contributed by atoms with van der Waals surface area (Å²) in [4.78, 5) is 22.3. The van der Waals surface area contributed by atoms with E-state index in [4.69, 9.17) is 0 Å². The topological polar surface area (TPSA) is 74.8 Å². The van der Waals surface area contributed by atoms with Gasteiger partial charge in [-0.1, -0.05) is 0 Å². The maximum absolute atomic E-state index is 11.6. The molecule has 0 aliphatic heterocycles. The van der Waals surface area contributed by atoms with E-state index in [0.717, 1.165) is 5.56 Å². The van der Waals surface area contributed by atoms with Crippen LogP contribution in [0.1, 0.15) is 16.1 Å². The van der Waals surface area contributed by atoms with E-state index in [1.807, 2.05) is 16.8 Å². The van der Waals surface area contributed by atoms with Gasteiger partial charge in [-0.25, -0.2) is 5.10 Å². The van der Waals surface area contributed by atoms with E-state index in [-0.39, 0.29) is 17.2 Å². The van der Waals surface area contributed by atoms with Crippen LogP contribution in [0.2, 0.25) is 0 Å². The van der Waals surface area contributed by atoms with E-state index in [1.54, 1.807) is 11.3 Å². The van der Waals surface area contributed by atoms with E-state index in [9.17, 15) is 9.59 Å². The lowest BCUT2D eigenvalue weighted by atomic mass is 10.3. The second-order valence-electron chi connectivity index (χ2n) is 3.12. The number of thiophene rings is 1. The smallest absolute Gasteiger partial charge is 0.271 e. The summed E-state index contributed by atoms with van der Waals surface area (Å²) in [6.45, 7) is 0.461. The minimum absolute atomic E-state index is 0.204. The Bertz CT molecular complexity index is 513. The van der Waals surface area contributed by atoms with Crippen molar-refractivity contribution >= 4 is 17.2 Å². The molecule has 5 nitrogen and oxygen atoms in total. The van der Waals surface area contributed by atoms with Gasteiger partial charge in [0, 0.05) is 12.6 Å². The molecule has 2 rings (SSSR count). The van der Waals surface area contributed by atoms with E-state index < -0.39 is 0 Å². The molecule has 2 heterocycles. The number of aromatic nitrogens is 2. The molecule has 0 fully saturated rings. The lowest BCUT2D eigenvalue weighted by molar-refractivity contribution is 0.0945. The molecule has 0 bridgehead atoms. The van der Waals surface area contributed by atoms with Crippen LogP contribution in [-0.2, 0) is 6.54 Å². The Balaban J connectivity index is 1.98. The Morgan fingerprint density at radius 3 is 2.94 bits per heavy atom. The lowest BCUT2D eigenvalue weighted by Crippen LogP contribution is -2.25. The molecule has 0 saturated heterocycles. The predicted molar refractivity (Wildman–Crippen MR) is 60.3 cm³/mol. The molecule has 0 saturated carbocycles. The third kappa shape index (κ3) is 2.54. The number of carbonyl (C=O) groups excluding carboxylic acids is 1. The van der Waals surface area contributed by atoms with Gasteiger partial charge in [0.2, 0.25) is 0 Å². The summed E-state index contributed by atoms with van der Waals surface area (Å²) in [6, 6.07) is 4.60. The van der Waals surface area contributed by atoms with Crippen molar-refractivity contribution in [3.05, 3.63) is 50.6 Å². The van der Waals surface area contributed by atoms with Crippen molar-refractivity contribution in [1.29, 1.82) is 0 Å². The zero-order valence-electron chi connectivity index (χ0n) is 8.27. The number of amides is 1. The summed E-state index contributed by atoms with van der Waals surface area (Å²) in [5, 5.41) is 12.4. The van der Waals surface area contributed by atoms with Crippen LogP contribution in [0.5, 0.6) is 0 Å². The van der Waals surface area contributed by atoms with E-state index in [0.29, 0.717) is 6.54 Å². The maximum Gasteiger partial charge on any atom is 0.271 e. The minimum Gasteiger partial charge on any atom is -0.347 e. The molecule has 0 spiro atoms. The number of hydrogen-bond donors (Lipinski definition) is 2. The SMILES string of the molecule is O=C(NCc1ccsc1)c1ccc(=O)[nH]n1. The highest BCUT2D eigenvalue weighted by Crippen LogP contribution is 2.05. The Kier molecular flexibility index (Phi) is 3.11. The van der Waals surface area contributed by atoms with Gasteiger partial charge in [-0.15, -0.1) is 0 Å². The molecule has 82 valence electrons. The van der Waals surface area contributed by atoms with Crippen LogP contribution in [0.15, 0.2) is 33.8 Å². The van der Waals surface area contributed by atoms with Crippen molar-refractivity contribution in [3.63, 3.8) is 0 Å². The molecule has 0 unspecified atom stereocenters. The van der Waals surface area contributed by atoms with Gasteiger partial charge in [-0.3, -0.25) is 9.59 Å². The fraction of sp³-hybridized carbons (Fsp3) is 0.100. The zero-order valence-corrected chi connectivity index (χ0v) is 9.08. The van der Waals surface area contributed by atoms with Crippen LogP contribution in [0.25, 0.3) is 0 Å². The van der Waals surface area contributed by atoms with Gasteiger partial charge in [-0.2, -0.15) is 16.4 Å². The number of H-pyrrole nitrogens is 1. The first-order chi connectivity index (χ1) is 7.75. The fourth-order valence-corrected chi connectivity index (χ4v) is 1.81. The highest BCUT2D eigenvalue weighted by molar-refractivity contribution is 7.07. The summed E-state index contributed by atoms with van der Waals surface area (Å²) in [7, 11) is 0. The molecular weight excluding hydrogens is 226 g/mol. The molecule has 0 atom stereocenters. The third-order valence-electron chi connectivity index (χ3n) is 1.94. The summed E-state index contributed by atoms with van der Waals surface area (Å²) < 4.78 is 0. The molecule has 0 aromatic carbocycles. The largest absolute Gasteiger partial charge is 0.347 e. The van der Waals surface area contributed by atoms with Gasteiger partial charge in [0.25, 0.3) is 11.5 Å². The number of nitrogens with one attached hydrogen (secondary N) is 2. The average Bonchev–Trinajstić information content (AvgIpc) is 2.80. The fourth-order valence-electron chi connectivity index (χ4n) is 1.14. The Morgan fingerprint density at radius 2 is 2.31 bits per heavy atom. The standard InChI is InChI=1S/C10H9N3O2S/c14-9-2-1-8(12-13-9)10(15)11-5-7-3-4-16-6-7/h1-4,6H,5H2,(H,11,15)(H,13,14). The van der Waals surface area contributed by atoms with Crippen LogP contribution in [0.3, 0.4) is 0 Å². The Hall–Kier alpha value is -1.95. The first kappa shape index (κ1) is 10.6. The van der Waals surface area contributed by atoms with Crippen LogP contribution < -0.4 is 10.9 Å². The van der Waals surface area contributed by atoms with E-state index in [1.165, 1.54) is 12.1 Å². The molecule has 0 aliphatic rings. The van der Waals surface area contributed by atoms with Crippen molar-refractivity contribution in [2.75, 3.05) is 0 Å². The monoisotopic (exact) mass is 235 g/mol. The van der Waals surface area contributed by atoms with Crippen molar-refractivity contribution in [2.24, 2.45) is 0 Å². The van der Waals surface area contributed by atoms with Gasteiger partial charge in [-0.05, 0) is 28.5 Å². The number of nitrogens with zero attached hydrogens (tertiary/aromatic N) is 1. The molecule has 2 aromatic rings. The Labute approximate surface area is 95.1 Å². The van der Waals surface area contributed by atoms with Gasteiger partial charge < -0.3 is 5.32 Å². The summed E-state index contributed by atoms with van der Waals surface area (Å²) in [5.74, 6) is -0.303. The van der Waals surface area contributed by atoms with E-state index >= 15 is 0 Å². The Morgan fingerprint density at radius 1 is 1.44 bits per heavy atom. The van der Waals surface area contributed by atoms with Gasteiger partial charge >= 0.3 is 0 Å². The summed E-state index contributed by atoms with van der Waals surface area (Å²) in [5.41, 5.74) is 0.923. The zero-order chi connectivity index (χ0) is 11.4. The van der Waals surface area contributed by atoms with Crippen LogP contribution in [-0.4, -0.2) is 16.1 Å². The molecule has 0 radical (unpaired) electrons. The third-order valence-corrected chi connectivity index (χ3v) is 2.68. The molecule has 2 aromatic heterocycles. The van der Waals surface area contributed by atoms with Crippen LogP contribution in [0, 0.1) is 0 Å². The van der Waals surface area contributed by atoms with Crippen LogP contribution in [0.4, 0.5) is 0 Å². The summed E-state index contributed by atoms with van der Waals surface area (Å²) >= 11 is 1.57. The predicted octanol–water partition coefficient (Wildman–Crippen LogP) is 0.761. The highest BCUT2D eigenvalue weighted by atomic mass is 32.1. The lowest BCUT2D eigenvalue weighted by Gasteiger charge is -2.01. The first-order valence-corrected chi connectivity index (χ1v) is 5.55. The molecule has 16 heavy (non-hydrogen) atoms. The van der Waals surface area contributed by atoms with Gasteiger partial charge in [0.1, 0.15) is 5.69 Å². The normalized spacial score (nSPS) is 10.0. The molecular formula is C10H9N3O2S. The van der Waals surface area contributed by atoms with Crippen molar-refractivity contribution in [1.82, 2.24) is 15.5 Å². The average molecular weight is 235 g/mol.